The molecule has 2 N–H and O–H groups in total. The summed E-state index contributed by atoms with van der Waals surface area (Å²) in [5.41, 5.74) is 4.67. The van der Waals surface area contributed by atoms with Gasteiger partial charge in [0.05, 0.1) is 6.04 Å². The number of ketones is 1. The van der Waals surface area contributed by atoms with E-state index in [1.54, 1.807) is 0 Å². The van der Waals surface area contributed by atoms with Crippen molar-refractivity contribution < 1.29 is 4.79 Å². The summed E-state index contributed by atoms with van der Waals surface area (Å²) in [6, 6.07) is -0.416. The summed E-state index contributed by atoms with van der Waals surface area (Å²) < 4.78 is 2.08. The molecule has 7 heteroatoms. The van der Waals surface area contributed by atoms with Crippen molar-refractivity contribution >= 4 is 11.6 Å². The monoisotopic (exact) mass is 322 g/mol. The van der Waals surface area contributed by atoms with E-state index < -0.39 is 17.3 Å². The number of anilines is 1. The zero-order valence-corrected chi connectivity index (χ0v) is 14.2. The fourth-order valence-electron chi connectivity index (χ4n) is 3.13. The molecule has 2 heterocycles. The number of hydrogen-bond acceptors (Lipinski definition) is 5. The van der Waals surface area contributed by atoms with E-state index in [-0.39, 0.29) is 17.2 Å². The summed E-state index contributed by atoms with van der Waals surface area (Å²) in [6.07, 6.45) is 5.68. The molecule has 23 heavy (non-hydrogen) atoms. The van der Waals surface area contributed by atoms with Gasteiger partial charge >= 0.3 is 5.69 Å². The average Bonchev–Trinajstić information content (AvgIpc) is 2.50. The van der Waals surface area contributed by atoms with Gasteiger partial charge in [-0.3, -0.25) is 23.6 Å². The van der Waals surface area contributed by atoms with Crippen LogP contribution in [-0.4, -0.2) is 38.9 Å². The molecular formula is C16H26N4O3. The molecule has 128 valence electrons. The van der Waals surface area contributed by atoms with Crippen LogP contribution in [-0.2, 0) is 14.1 Å². The zero-order valence-electron chi connectivity index (χ0n) is 14.2. The number of carbonyl (C=O) groups excluding carboxylic acids is 1. The van der Waals surface area contributed by atoms with Crippen LogP contribution < -0.4 is 17.0 Å². The minimum Gasteiger partial charge on any atom is -0.384 e. The second-order valence-corrected chi connectivity index (χ2v) is 6.31. The fraction of sp³-hybridized carbons (Fsp3) is 0.688. The highest BCUT2D eigenvalue weighted by molar-refractivity contribution is 6.03. The van der Waals surface area contributed by atoms with E-state index in [1.807, 2.05) is 6.92 Å². The third-order valence-corrected chi connectivity index (χ3v) is 4.77. The Morgan fingerprint density at radius 3 is 2.09 bits per heavy atom. The van der Waals surface area contributed by atoms with E-state index in [4.69, 9.17) is 5.73 Å². The highest BCUT2D eigenvalue weighted by Crippen LogP contribution is 2.16. The maximum absolute atomic E-state index is 12.8. The largest absolute Gasteiger partial charge is 0.384 e. The van der Waals surface area contributed by atoms with Crippen LogP contribution in [0, 0.1) is 0 Å². The molecule has 0 saturated carbocycles. The SMILES string of the molecule is CC(C(=O)c1c(N)n(C)c(=O)n(C)c1=O)N1CCCCCCC1. The molecule has 1 aliphatic heterocycles. The highest BCUT2D eigenvalue weighted by atomic mass is 16.2. The number of nitrogens with two attached hydrogens (primary N) is 1. The maximum Gasteiger partial charge on any atom is 0.332 e. The Hall–Kier alpha value is -1.89. The Morgan fingerprint density at radius 1 is 1.00 bits per heavy atom. The molecule has 1 unspecified atom stereocenters. The van der Waals surface area contributed by atoms with Crippen molar-refractivity contribution in [3.05, 3.63) is 26.4 Å². The molecule has 0 bridgehead atoms. The number of nitrogens with zero attached hydrogens (tertiary/aromatic N) is 3. The lowest BCUT2D eigenvalue weighted by Gasteiger charge is -2.29. The topological polar surface area (TPSA) is 90.3 Å². The minimum absolute atomic E-state index is 0.0537. The molecule has 0 aromatic carbocycles. The van der Waals surface area contributed by atoms with Gasteiger partial charge in [-0.25, -0.2) is 4.79 Å². The molecular weight excluding hydrogens is 296 g/mol. The molecule has 0 aliphatic carbocycles. The summed E-state index contributed by atoms with van der Waals surface area (Å²) in [6.45, 7) is 3.51. The first-order valence-corrected chi connectivity index (χ1v) is 8.20. The number of likely N-dealkylation sites (tertiary alicyclic amines) is 1. The summed E-state index contributed by atoms with van der Waals surface area (Å²) in [5.74, 6) is -0.360. The van der Waals surface area contributed by atoms with Crippen LogP contribution in [0.4, 0.5) is 5.82 Å². The van der Waals surface area contributed by atoms with Gasteiger partial charge in [0.1, 0.15) is 11.4 Å². The molecule has 0 spiro atoms. The van der Waals surface area contributed by atoms with Gasteiger partial charge in [0.2, 0.25) is 0 Å². The van der Waals surface area contributed by atoms with Gasteiger partial charge in [0.15, 0.2) is 5.78 Å². The second-order valence-electron chi connectivity index (χ2n) is 6.31. The molecule has 1 aromatic heterocycles. The average molecular weight is 322 g/mol. The summed E-state index contributed by atoms with van der Waals surface area (Å²) >= 11 is 0. The van der Waals surface area contributed by atoms with Gasteiger partial charge in [-0.1, -0.05) is 19.3 Å². The van der Waals surface area contributed by atoms with Gasteiger partial charge < -0.3 is 5.73 Å². The van der Waals surface area contributed by atoms with E-state index >= 15 is 0 Å². The van der Waals surface area contributed by atoms with Crippen LogP contribution >= 0.6 is 0 Å². The smallest absolute Gasteiger partial charge is 0.332 e. The van der Waals surface area contributed by atoms with E-state index in [0.29, 0.717) is 0 Å². The van der Waals surface area contributed by atoms with E-state index in [0.717, 1.165) is 35.1 Å². The molecule has 1 saturated heterocycles. The zero-order chi connectivity index (χ0) is 17.1. The Kier molecular flexibility index (Phi) is 5.41. The molecule has 1 aromatic rings. The molecule has 0 amide bonds. The van der Waals surface area contributed by atoms with Gasteiger partial charge in [-0.2, -0.15) is 0 Å². The molecule has 7 nitrogen and oxygen atoms in total. The van der Waals surface area contributed by atoms with Crippen molar-refractivity contribution in [2.75, 3.05) is 18.8 Å². The lowest BCUT2D eigenvalue weighted by Crippen LogP contribution is -2.46. The highest BCUT2D eigenvalue weighted by Gasteiger charge is 2.28. The van der Waals surface area contributed by atoms with E-state index in [9.17, 15) is 14.4 Å². The predicted molar refractivity (Wildman–Crippen MR) is 89.8 cm³/mol. The minimum atomic E-state index is -0.616. The van der Waals surface area contributed by atoms with Crippen LogP contribution in [0.1, 0.15) is 49.4 Å². The number of hydrogen-bond donors (Lipinski definition) is 1. The van der Waals surface area contributed by atoms with Crippen molar-refractivity contribution in [1.29, 1.82) is 0 Å². The van der Waals surface area contributed by atoms with Gasteiger partial charge in [-0.15, -0.1) is 0 Å². The third-order valence-electron chi connectivity index (χ3n) is 4.77. The standard InChI is InChI=1S/C16H26N4O3/c1-11(20-9-7-5-4-6-8-10-20)13(21)12-14(17)18(2)16(23)19(3)15(12)22/h11H,4-10,17H2,1-3H3. The Balaban J connectivity index is 2.36. The van der Waals surface area contributed by atoms with Crippen molar-refractivity contribution in [2.45, 2.75) is 45.1 Å². The number of Topliss-reactive ketones (excluding diaryl/α,β-unsaturated/α-hetero) is 1. The first-order valence-electron chi connectivity index (χ1n) is 8.20. The Morgan fingerprint density at radius 2 is 1.52 bits per heavy atom. The van der Waals surface area contributed by atoms with Crippen LogP contribution in [0.15, 0.2) is 9.59 Å². The van der Waals surface area contributed by atoms with E-state index in [1.165, 1.54) is 33.4 Å². The van der Waals surface area contributed by atoms with Crippen molar-refractivity contribution in [3.8, 4) is 0 Å². The molecule has 1 aliphatic rings. The normalized spacial score (nSPS) is 18.2. The van der Waals surface area contributed by atoms with Crippen LogP contribution in [0.5, 0.6) is 0 Å². The fourth-order valence-corrected chi connectivity index (χ4v) is 3.13. The van der Waals surface area contributed by atoms with Gasteiger partial charge in [0.25, 0.3) is 5.56 Å². The van der Waals surface area contributed by atoms with Crippen molar-refractivity contribution in [1.82, 2.24) is 14.0 Å². The quantitative estimate of drug-likeness (QED) is 0.819. The first kappa shape index (κ1) is 17.5. The molecule has 1 atom stereocenters. The summed E-state index contributed by atoms with van der Waals surface area (Å²) in [5, 5.41) is 0. The third kappa shape index (κ3) is 3.39. The predicted octanol–water partition coefficient (Wildman–Crippen LogP) is 0.503. The van der Waals surface area contributed by atoms with Gasteiger partial charge in [-0.05, 0) is 32.9 Å². The second kappa shape index (κ2) is 7.12. The molecule has 2 rings (SSSR count). The summed E-state index contributed by atoms with van der Waals surface area (Å²) in [4.78, 5) is 39.2. The lowest BCUT2D eigenvalue weighted by molar-refractivity contribution is 0.0824. The Bertz CT molecular complexity index is 697. The molecule has 1 fully saturated rings. The Labute approximate surface area is 135 Å². The number of carbonyl (C=O) groups is 1. The van der Waals surface area contributed by atoms with Crippen LogP contribution in [0.3, 0.4) is 0 Å². The van der Waals surface area contributed by atoms with E-state index in [2.05, 4.69) is 4.90 Å². The number of aromatic nitrogens is 2. The molecule has 0 radical (unpaired) electrons. The lowest BCUT2D eigenvalue weighted by atomic mass is 10.0. The summed E-state index contributed by atoms with van der Waals surface area (Å²) in [7, 11) is 2.83. The van der Waals surface area contributed by atoms with Crippen LogP contribution in [0.2, 0.25) is 0 Å². The maximum atomic E-state index is 12.8. The number of rotatable bonds is 3. The van der Waals surface area contributed by atoms with Gasteiger partial charge in [0, 0.05) is 14.1 Å². The first-order chi connectivity index (χ1) is 10.9. The van der Waals surface area contributed by atoms with Crippen LogP contribution in [0.25, 0.3) is 0 Å². The number of nitrogen functional groups attached to an aromatic ring is 1. The van der Waals surface area contributed by atoms with Crippen molar-refractivity contribution in [3.63, 3.8) is 0 Å². The van der Waals surface area contributed by atoms with Crippen molar-refractivity contribution in [2.24, 2.45) is 14.1 Å².